The highest BCUT2D eigenvalue weighted by Crippen LogP contribution is 2.41. The number of hydrogen-bond acceptors (Lipinski definition) is 26. The summed E-state index contributed by atoms with van der Waals surface area (Å²) in [7, 11) is -4.00. The van der Waals surface area contributed by atoms with Crippen molar-refractivity contribution >= 4 is 80.2 Å². The number of nitrogens with zero attached hydrogens (tertiary/aromatic N) is 7. The summed E-state index contributed by atoms with van der Waals surface area (Å²) in [6.07, 6.45) is 7.34. The van der Waals surface area contributed by atoms with Crippen molar-refractivity contribution in [2.24, 2.45) is 22.0 Å². The van der Waals surface area contributed by atoms with E-state index in [4.69, 9.17) is 28.3 Å². The van der Waals surface area contributed by atoms with Crippen LogP contribution in [0.3, 0.4) is 0 Å². The second-order valence-electron chi connectivity index (χ2n) is 28.8. The molecule has 8 aromatic rings. The van der Waals surface area contributed by atoms with Crippen molar-refractivity contribution in [2.45, 2.75) is 147 Å². The van der Waals surface area contributed by atoms with E-state index in [1.807, 2.05) is 54.6 Å². The van der Waals surface area contributed by atoms with E-state index in [-0.39, 0.29) is 41.1 Å². The number of guanidine groups is 1. The molecule has 3 aliphatic heterocycles. The van der Waals surface area contributed by atoms with Crippen LogP contribution in [-0.2, 0) is 47.0 Å². The van der Waals surface area contributed by atoms with Crippen molar-refractivity contribution in [1.82, 2.24) is 56.3 Å². The third kappa shape index (κ3) is 31.5. The fourth-order valence-corrected chi connectivity index (χ4v) is 13.7. The van der Waals surface area contributed by atoms with Gasteiger partial charge in [-0.2, -0.15) is 17.9 Å². The molecular formula is C85H106F3N17O14S. The monoisotopic (exact) mass is 1680 g/mol. The van der Waals surface area contributed by atoms with Crippen LogP contribution < -0.4 is 71.5 Å². The van der Waals surface area contributed by atoms with Crippen LogP contribution in [-0.4, -0.2) is 183 Å². The molecule has 4 atom stereocenters. The number of anilines is 4. The first-order chi connectivity index (χ1) is 57.9. The van der Waals surface area contributed by atoms with E-state index in [0.29, 0.717) is 80.8 Å². The molecule has 0 radical (unpaired) electrons. The molecule has 4 amide bonds. The van der Waals surface area contributed by atoms with E-state index in [1.54, 1.807) is 92.2 Å². The van der Waals surface area contributed by atoms with Gasteiger partial charge < -0.3 is 81.1 Å². The minimum Gasteiger partial charge on any atom is -0.494 e. The Kier molecular flexibility index (Phi) is 36.0. The molecule has 10 N–H and O–H groups in total. The third-order valence-electron chi connectivity index (χ3n) is 19.3. The lowest BCUT2D eigenvalue weighted by Crippen LogP contribution is -2.53. The number of rotatable bonds is 37. The van der Waals surface area contributed by atoms with Crippen LogP contribution in [0.2, 0.25) is 0 Å². The van der Waals surface area contributed by atoms with Crippen LogP contribution in [0.1, 0.15) is 121 Å². The van der Waals surface area contributed by atoms with E-state index in [2.05, 4.69) is 121 Å². The Hall–Kier alpha value is -12.4. The summed E-state index contributed by atoms with van der Waals surface area (Å²) in [5.41, 5.74) is 2.26. The number of pyridine rings is 3. The molecule has 0 bridgehead atoms. The number of alkyl halides is 3. The van der Waals surface area contributed by atoms with Gasteiger partial charge in [-0.15, -0.1) is 0 Å². The fourth-order valence-electron chi connectivity index (χ4n) is 12.5. The number of ketones is 2. The Morgan fingerprint density at radius 1 is 0.683 bits per heavy atom. The highest BCUT2D eigenvalue weighted by Gasteiger charge is 2.45. The van der Waals surface area contributed by atoms with E-state index in [1.165, 1.54) is 44.0 Å². The number of halogens is 3. The Morgan fingerprint density at radius 3 is 1.87 bits per heavy atom. The number of aromatic nitrogens is 4. The number of ether oxygens (including phenoxy) is 4. The lowest BCUT2D eigenvalue weighted by atomic mass is 9.76. The van der Waals surface area contributed by atoms with Gasteiger partial charge in [0.05, 0.1) is 37.3 Å². The fraction of sp³-hybridized carbons (Fsp3) is 0.412. The molecule has 2 unspecified atom stereocenters. The zero-order valence-corrected chi connectivity index (χ0v) is 68.7. The maximum atomic E-state index is 12.9. The molecule has 1 fully saturated rings. The number of Topliss-reactive ketones (excluding diaryl/α,β-unsaturated/α-hetero) is 2. The van der Waals surface area contributed by atoms with Crippen LogP contribution in [0, 0.1) is 11.8 Å². The maximum absolute atomic E-state index is 12.9. The maximum Gasteiger partial charge on any atom is 0.413 e. The summed E-state index contributed by atoms with van der Waals surface area (Å²) in [5.74, 6) is 3.77. The quantitative estimate of drug-likeness (QED) is 0.0128. The number of sulfonamides is 1. The minimum atomic E-state index is -4.45. The van der Waals surface area contributed by atoms with E-state index in [0.717, 1.165) is 111 Å². The molecule has 12 rings (SSSR count). The van der Waals surface area contributed by atoms with Gasteiger partial charge in [-0.3, -0.25) is 29.0 Å². The number of hydrogen-bond donors (Lipinski definition) is 10. The highest BCUT2D eigenvalue weighted by atomic mass is 32.2. The molecule has 1 saturated carbocycles. The third-order valence-corrected chi connectivity index (χ3v) is 20.7. The number of oxime groups is 1. The molecule has 0 saturated heterocycles. The molecule has 642 valence electrons. The second-order valence-corrected chi connectivity index (χ2v) is 30.5. The Balaban J connectivity index is 0.000000184. The van der Waals surface area contributed by atoms with Gasteiger partial charge in [-0.25, -0.2) is 28.2 Å². The number of para-hydroxylation sites is 1. The van der Waals surface area contributed by atoms with Gasteiger partial charge in [-0.05, 0) is 191 Å². The number of aliphatic imine (C=N–C) groups is 1. The predicted octanol–water partition coefficient (Wildman–Crippen LogP) is 11.3. The molecule has 31 nitrogen and oxygen atoms in total. The number of nitrogens with one attached hydrogen (secondary N) is 10. The van der Waals surface area contributed by atoms with Crippen molar-refractivity contribution < 1.29 is 78.7 Å². The molecular weight excluding hydrogens is 1570 g/mol. The predicted molar refractivity (Wildman–Crippen MR) is 448 cm³/mol. The van der Waals surface area contributed by atoms with Crippen molar-refractivity contribution in [2.75, 3.05) is 93.4 Å². The van der Waals surface area contributed by atoms with Crippen LogP contribution in [0.25, 0.3) is 0 Å². The molecule has 4 aromatic carbocycles. The van der Waals surface area contributed by atoms with Crippen molar-refractivity contribution in [3.05, 3.63) is 199 Å². The lowest BCUT2D eigenvalue weighted by Gasteiger charge is -2.35. The normalized spacial score (nSPS) is 16.6. The average Bonchev–Trinajstić information content (AvgIpc) is 1.68. The summed E-state index contributed by atoms with van der Waals surface area (Å²) >= 11 is 0. The van der Waals surface area contributed by atoms with Gasteiger partial charge in [0.25, 0.3) is 17.7 Å². The summed E-state index contributed by atoms with van der Waals surface area (Å²) in [6, 6.07) is 46.6. The molecule has 120 heavy (non-hydrogen) atoms. The average molecular weight is 1680 g/mol. The van der Waals surface area contributed by atoms with Crippen molar-refractivity contribution in [3.63, 3.8) is 0 Å². The Labute approximate surface area is 696 Å². The number of carbonyl (C=O) groups excluding carboxylic acids is 6. The van der Waals surface area contributed by atoms with Crippen LogP contribution >= 0.6 is 0 Å². The zero-order chi connectivity index (χ0) is 85.5. The first kappa shape index (κ1) is 91.5. The lowest BCUT2D eigenvalue weighted by molar-refractivity contribution is -0.162. The topological polar surface area (TPSA) is 396 Å². The summed E-state index contributed by atoms with van der Waals surface area (Å²) < 4.78 is 93.3. The largest absolute Gasteiger partial charge is 0.494 e. The minimum absolute atomic E-state index is 0.00436. The van der Waals surface area contributed by atoms with Crippen LogP contribution in [0.5, 0.6) is 23.1 Å². The van der Waals surface area contributed by atoms with Gasteiger partial charge in [0.15, 0.2) is 23.7 Å². The summed E-state index contributed by atoms with van der Waals surface area (Å²) in [5, 5.41) is 34.2. The van der Waals surface area contributed by atoms with E-state index in [9.17, 15) is 50.4 Å². The molecule has 7 heterocycles. The molecule has 1 aliphatic carbocycles. The first-order valence-corrected chi connectivity index (χ1v) is 41.5. The summed E-state index contributed by atoms with van der Waals surface area (Å²) in [6.45, 7) is 13.4. The number of carbonyl (C=O) groups is 6. The van der Waals surface area contributed by atoms with Gasteiger partial charge >= 0.3 is 12.3 Å². The molecule has 4 aliphatic rings. The Morgan fingerprint density at radius 2 is 1.28 bits per heavy atom. The smallest absolute Gasteiger partial charge is 0.413 e. The number of benzene rings is 4. The van der Waals surface area contributed by atoms with Gasteiger partial charge in [0.2, 0.25) is 21.7 Å². The molecule has 35 heteroatoms. The van der Waals surface area contributed by atoms with Crippen LogP contribution in [0.15, 0.2) is 202 Å². The van der Waals surface area contributed by atoms with Gasteiger partial charge in [0, 0.05) is 76.5 Å². The highest BCUT2D eigenvalue weighted by molar-refractivity contribution is 7.89. The van der Waals surface area contributed by atoms with Gasteiger partial charge in [0.1, 0.15) is 64.6 Å². The standard InChI is InChI=1S/C24H29N5O5S.C21H25F3N4O2.C21H26N6O6.C19H26N2O/c1-17(30)22(29-35(32,33)19-7-3-2-4-8-19)27-23(31)20-15-24(34-28-20)12-10-18(11-13-24)16-26-21-9-5-6-14-25-21;1-2-17-20(29)28(14-21(22,23)24)13-15-12-16(7-8-18(15)27-17)30-11-5-10-26-19-6-3-4-9-25-19;1-14(28)16(26-21(30)32-15-6-3-2-4-7-15)13-25-19(29)17-12-18(27-33-17)31-11-5-8-22-20-23-9-10-24-20;1-3-16(2)15-17-8-10-18(11-9-17)22-14-6-13-21-19-7-4-5-12-20-19/h2-9,14,18,22,29H,10-13,15-16H2,1H3,(H,25,26)(H,27,31);3-4,6-9,12,17,27H,2,5,10-11,13-14H2,1H3,(H,25,26);2-4,6-7,12,16H,5,8-11,13H2,1H3,(H,25,29)(H,26,30)(H2,22,23,24);4-5,7-12,16H,3,6,13-15H2,1-2H3,(H,20,21)/t18?,22-,24?;;16-;/m1.1./s1. The van der Waals surface area contributed by atoms with Gasteiger partial charge in [-0.1, -0.05) is 99.1 Å². The van der Waals surface area contributed by atoms with Crippen molar-refractivity contribution in [1.29, 1.82) is 0 Å². The van der Waals surface area contributed by atoms with E-state index >= 15 is 0 Å². The van der Waals surface area contributed by atoms with E-state index < -0.39 is 76.2 Å². The zero-order valence-electron chi connectivity index (χ0n) is 67.9. The first-order valence-electron chi connectivity index (χ1n) is 40.0. The van der Waals surface area contributed by atoms with Crippen LogP contribution in [0.4, 0.5) is 41.1 Å². The number of amides is 4. The molecule has 1 spiro atoms. The summed E-state index contributed by atoms with van der Waals surface area (Å²) in [4.78, 5) is 97.0. The second kappa shape index (κ2) is 47.3. The van der Waals surface area contributed by atoms with Crippen molar-refractivity contribution in [3.8, 4) is 23.1 Å². The SMILES string of the molecule is CC(=O)[C@@H](CNC(=O)c1cc(OCCCNC2=NCCN2)no1)NC(=O)Oc1ccccc1.CC(=O)[C@H](NC(=O)C1=NOC2(CCC(CNc3ccccn3)CC2)C1)NS(=O)(=O)c1ccccc1.CCC(C)Cc1ccc(OCCCNc2ccccn2)cc1.CCC1Nc2ccc(OCCCNc3ccccn3)cc2CN(CC(F)(F)F)C1=O. The number of fused-ring (bicyclic) bond motifs is 1. The molecule has 4 aromatic heterocycles. The Bertz CT molecular complexity index is 4700.